The molecular formula is C26H38O7. The summed E-state index contributed by atoms with van der Waals surface area (Å²) in [5, 5.41) is 0. The molecule has 7 nitrogen and oxygen atoms in total. The molecule has 2 saturated carbocycles. The number of esters is 3. The molecule has 33 heavy (non-hydrogen) atoms. The molecule has 0 aromatic rings. The van der Waals surface area contributed by atoms with Crippen molar-refractivity contribution in [2.75, 3.05) is 0 Å². The highest BCUT2D eigenvalue weighted by Crippen LogP contribution is 2.62. The maximum absolute atomic E-state index is 11.8. The molecule has 1 saturated heterocycles. The van der Waals surface area contributed by atoms with Gasteiger partial charge in [-0.1, -0.05) is 39.0 Å². The standard InChI is InChI=1S/C26H38O7/c1-15-9-8-10-21-25(15,6)13-11-16(2)26(21,7)14-12-20-22(30-17(3)27)24(32-19(5)29)33-23(20)31-18(4)28/h12,16,21-24H,1,8-11,13-14H2,2-7H3/b20-12-/t16-,21+,22-,23-,24-,25+,26+/m1/s1. The van der Waals surface area contributed by atoms with Crippen molar-refractivity contribution in [3.05, 3.63) is 23.8 Å². The summed E-state index contributed by atoms with van der Waals surface area (Å²) in [6.45, 7) is 15.2. The van der Waals surface area contributed by atoms with Crippen molar-refractivity contribution in [3.8, 4) is 0 Å². The molecule has 3 fully saturated rings. The predicted molar refractivity (Wildman–Crippen MR) is 122 cm³/mol. The Hall–Kier alpha value is -2.15. The van der Waals surface area contributed by atoms with Crippen LogP contribution in [0.5, 0.6) is 0 Å². The van der Waals surface area contributed by atoms with Crippen molar-refractivity contribution in [3.63, 3.8) is 0 Å². The van der Waals surface area contributed by atoms with Gasteiger partial charge in [0, 0.05) is 26.3 Å². The number of carbonyl (C=O) groups excluding carboxylic acids is 3. The van der Waals surface area contributed by atoms with Crippen molar-refractivity contribution in [2.45, 2.75) is 98.8 Å². The molecule has 0 radical (unpaired) electrons. The van der Waals surface area contributed by atoms with Gasteiger partial charge in [-0.2, -0.15) is 0 Å². The molecule has 3 rings (SSSR count). The molecule has 1 aliphatic heterocycles. The van der Waals surface area contributed by atoms with Crippen LogP contribution in [-0.2, 0) is 33.3 Å². The van der Waals surface area contributed by atoms with Gasteiger partial charge >= 0.3 is 17.9 Å². The summed E-state index contributed by atoms with van der Waals surface area (Å²) >= 11 is 0. The van der Waals surface area contributed by atoms with E-state index in [1.54, 1.807) is 0 Å². The number of hydrogen-bond donors (Lipinski definition) is 0. The Morgan fingerprint density at radius 3 is 2.30 bits per heavy atom. The summed E-state index contributed by atoms with van der Waals surface area (Å²) in [5.41, 5.74) is 1.93. The van der Waals surface area contributed by atoms with Crippen LogP contribution in [0.25, 0.3) is 0 Å². The van der Waals surface area contributed by atoms with Crippen LogP contribution >= 0.6 is 0 Å². The number of rotatable bonds is 5. The van der Waals surface area contributed by atoms with Crippen molar-refractivity contribution in [1.82, 2.24) is 0 Å². The fourth-order valence-electron chi connectivity index (χ4n) is 6.23. The Bertz CT molecular complexity index is 846. The van der Waals surface area contributed by atoms with Crippen LogP contribution in [0.1, 0.15) is 80.1 Å². The average molecular weight is 463 g/mol. The van der Waals surface area contributed by atoms with Crippen LogP contribution in [0.3, 0.4) is 0 Å². The second kappa shape index (κ2) is 9.61. The van der Waals surface area contributed by atoms with Crippen LogP contribution < -0.4 is 0 Å². The topological polar surface area (TPSA) is 88.1 Å². The summed E-state index contributed by atoms with van der Waals surface area (Å²) in [4.78, 5) is 35.2. The van der Waals surface area contributed by atoms with E-state index in [0.29, 0.717) is 23.8 Å². The molecule has 3 aliphatic rings. The van der Waals surface area contributed by atoms with E-state index in [4.69, 9.17) is 18.9 Å². The van der Waals surface area contributed by atoms with Crippen molar-refractivity contribution < 1.29 is 33.3 Å². The summed E-state index contributed by atoms with van der Waals surface area (Å²) in [6, 6.07) is 0. The Morgan fingerprint density at radius 2 is 1.70 bits per heavy atom. The summed E-state index contributed by atoms with van der Waals surface area (Å²) in [7, 11) is 0. The first kappa shape index (κ1) is 25.5. The molecule has 184 valence electrons. The third-order valence-corrected chi connectivity index (χ3v) is 8.30. The highest BCUT2D eigenvalue weighted by atomic mass is 16.8. The summed E-state index contributed by atoms with van der Waals surface area (Å²) in [5.74, 6) is -0.709. The number of carbonyl (C=O) groups is 3. The molecule has 0 amide bonds. The molecule has 0 N–H and O–H groups in total. The maximum Gasteiger partial charge on any atom is 0.305 e. The normalized spacial score (nSPS) is 39.6. The summed E-state index contributed by atoms with van der Waals surface area (Å²) < 4.78 is 21.8. The average Bonchev–Trinajstić information content (AvgIpc) is 2.99. The Kier molecular flexibility index (Phi) is 7.42. The first-order valence-electron chi connectivity index (χ1n) is 11.9. The minimum Gasteiger partial charge on any atom is -0.451 e. The predicted octanol–water partition coefficient (Wildman–Crippen LogP) is 4.84. The van der Waals surface area contributed by atoms with E-state index in [1.165, 1.54) is 26.3 Å². The zero-order valence-corrected chi connectivity index (χ0v) is 20.8. The van der Waals surface area contributed by atoms with Gasteiger partial charge in [-0.15, -0.1) is 0 Å². The smallest absolute Gasteiger partial charge is 0.305 e. The minimum atomic E-state index is -1.17. The van der Waals surface area contributed by atoms with Crippen molar-refractivity contribution in [1.29, 1.82) is 0 Å². The largest absolute Gasteiger partial charge is 0.451 e. The lowest BCUT2D eigenvalue weighted by molar-refractivity contribution is -0.218. The molecule has 7 atom stereocenters. The van der Waals surface area contributed by atoms with Gasteiger partial charge in [-0.3, -0.25) is 19.1 Å². The van der Waals surface area contributed by atoms with Gasteiger partial charge in [0.1, 0.15) is 0 Å². The first-order chi connectivity index (χ1) is 15.4. The van der Waals surface area contributed by atoms with Crippen LogP contribution in [0.2, 0.25) is 0 Å². The lowest BCUT2D eigenvalue weighted by Gasteiger charge is -2.58. The van der Waals surface area contributed by atoms with E-state index in [0.717, 1.165) is 32.1 Å². The molecule has 1 heterocycles. The lowest BCUT2D eigenvalue weighted by atomic mass is 9.46. The number of ether oxygens (including phenoxy) is 4. The first-order valence-corrected chi connectivity index (χ1v) is 11.9. The van der Waals surface area contributed by atoms with E-state index >= 15 is 0 Å². The summed E-state index contributed by atoms with van der Waals surface area (Å²) in [6.07, 6.45) is 5.09. The van der Waals surface area contributed by atoms with Gasteiger partial charge in [0.15, 0.2) is 6.10 Å². The number of fused-ring (bicyclic) bond motifs is 1. The van der Waals surface area contributed by atoms with Gasteiger partial charge in [0.25, 0.3) is 0 Å². The lowest BCUT2D eigenvalue weighted by Crippen LogP contribution is -2.50. The molecule has 0 bridgehead atoms. The van der Waals surface area contributed by atoms with Crippen LogP contribution in [-0.4, -0.2) is 36.6 Å². The van der Waals surface area contributed by atoms with E-state index < -0.39 is 36.6 Å². The fraction of sp³-hybridized carbons (Fsp3) is 0.731. The molecule has 2 aliphatic carbocycles. The van der Waals surface area contributed by atoms with E-state index in [-0.39, 0.29) is 10.8 Å². The Labute approximate surface area is 196 Å². The van der Waals surface area contributed by atoms with E-state index in [2.05, 4.69) is 27.4 Å². The zero-order chi connectivity index (χ0) is 24.6. The molecule has 0 aromatic carbocycles. The van der Waals surface area contributed by atoms with Crippen molar-refractivity contribution in [2.24, 2.45) is 22.7 Å². The minimum absolute atomic E-state index is 0.0234. The Morgan fingerprint density at radius 1 is 1.06 bits per heavy atom. The van der Waals surface area contributed by atoms with Gasteiger partial charge in [-0.25, -0.2) is 0 Å². The highest BCUT2D eigenvalue weighted by molar-refractivity contribution is 5.68. The van der Waals surface area contributed by atoms with Crippen LogP contribution in [0, 0.1) is 22.7 Å². The van der Waals surface area contributed by atoms with Gasteiger partial charge < -0.3 is 14.2 Å². The molecule has 0 aromatic heterocycles. The van der Waals surface area contributed by atoms with E-state index in [9.17, 15) is 14.4 Å². The molecule has 7 heteroatoms. The maximum atomic E-state index is 11.8. The molecular weight excluding hydrogens is 424 g/mol. The van der Waals surface area contributed by atoms with Crippen LogP contribution in [0.15, 0.2) is 23.8 Å². The fourth-order valence-corrected chi connectivity index (χ4v) is 6.23. The quantitative estimate of drug-likeness (QED) is 0.328. The van der Waals surface area contributed by atoms with Crippen molar-refractivity contribution >= 4 is 17.9 Å². The third kappa shape index (κ3) is 5.03. The second-order valence-corrected chi connectivity index (χ2v) is 10.4. The van der Waals surface area contributed by atoms with Gasteiger partial charge in [0.05, 0.1) is 0 Å². The zero-order valence-electron chi connectivity index (χ0n) is 20.8. The van der Waals surface area contributed by atoms with Gasteiger partial charge in [-0.05, 0) is 61.2 Å². The number of hydrogen-bond acceptors (Lipinski definition) is 7. The third-order valence-electron chi connectivity index (χ3n) is 8.30. The van der Waals surface area contributed by atoms with Crippen LogP contribution in [0.4, 0.5) is 0 Å². The Balaban J connectivity index is 1.96. The monoisotopic (exact) mass is 462 g/mol. The van der Waals surface area contributed by atoms with Gasteiger partial charge in [0.2, 0.25) is 12.6 Å². The highest BCUT2D eigenvalue weighted by Gasteiger charge is 2.54. The van der Waals surface area contributed by atoms with E-state index in [1.807, 2.05) is 6.08 Å². The number of allylic oxidation sites excluding steroid dienone is 2. The molecule has 0 unspecified atom stereocenters. The molecule has 0 spiro atoms. The second-order valence-electron chi connectivity index (χ2n) is 10.4. The SMILES string of the molecule is C=C1CCC[C@@H]2[C@@](C)(C/C=C3\[C@H](OC(C)=O)O[C@@H](OC(C)=O)[C@@H]3OC(C)=O)[C@H](C)CC[C@@]12C.